The van der Waals surface area contributed by atoms with Gasteiger partial charge in [0, 0.05) is 6.61 Å². The first kappa shape index (κ1) is 10.7. The molecule has 0 fully saturated rings. The fourth-order valence-electron chi connectivity index (χ4n) is 0.705. The SMILES string of the molecule is CC/C=C/COCCC(C)C. The van der Waals surface area contributed by atoms with Crippen LogP contribution in [0.2, 0.25) is 0 Å². The lowest BCUT2D eigenvalue weighted by molar-refractivity contribution is 0.149. The molecule has 0 heterocycles. The Morgan fingerprint density at radius 3 is 2.55 bits per heavy atom. The quantitative estimate of drug-likeness (QED) is 0.424. The van der Waals surface area contributed by atoms with E-state index in [1.54, 1.807) is 0 Å². The number of rotatable bonds is 6. The van der Waals surface area contributed by atoms with Crippen molar-refractivity contribution >= 4 is 0 Å². The molecule has 1 heteroatoms. The molecule has 0 radical (unpaired) electrons. The van der Waals surface area contributed by atoms with Crippen LogP contribution in [0.4, 0.5) is 0 Å². The van der Waals surface area contributed by atoms with Crippen LogP contribution in [0.15, 0.2) is 12.2 Å². The second-order valence-corrected chi connectivity index (χ2v) is 3.14. The maximum atomic E-state index is 5.36. The third kappa shape index (κ3) is 9.70. The van der Waals surface area contributed by atoms with Crippen LogP contribution in [0.25, 0.3) is 0 Å². The molecule has 0 amide bonds. The molecule has 0 unspecified atom stereocenters. The summed E-state index contributed by atoms with van der Waals surface area (Å²) in [4.78, 5) is 0. The van der Waals surface area contributed by atoms with E-state index in [4.69, 9.17) is 4.74 Å². The minimum Gasteiger partial charge on any atom is -0.377 e. The maximum absolute atomic E-state index is 5.36. The third-order valence-corrected chi connectivity index (χ3v) is 1.46. The van der Waals surface area contributed by atoms with E-state index >= 15 is 0 Å². The summed E-state index contributed by atoms with van der Waals surface area (Å²) < 4.78 is 5.36. The summed E-state index contributed by atoms with van der Waals surface area (Å²) >= 11 is 0. The zero-order valence-electron chi connectivity index (χ0n) is 7.97. The maximum Gasteiger partial charge on any atom is 0.0647 e. The van der Waals surface area contributed by atoms with Gasteiger partial charge in [-0.1, -0.05) is 32.9 Å². The topological polar surface area (TPSA) is 9.23 Å². The molecule has 0 aromatic rings. The van der Waals surface area contributed by atoms with E-state index in [0.29, 0.717) is 0 Å². The van der Waals surface area contributed by atoms with Gasteiger partial charge in [-0.3, -0.25) is 0 Å². The molecule has 0 aliphatic heterocycles. The minimum absolute atomic E-state index is 0.755. The Hall–Kier alpha value is -0.300. The van der Waals surface area contributed by atoms with Crippen molar-refractivity contribution in [3.05, 3.63) is 12.2 Å². The molecule has 0 saturated heterocycles. The Bertz CT molecular complexity index is 95.0. The molecule has 0 N–H and O–H groups in total. The number of hydrogen-bond acceptors (Lipinski definition) is 1. The van der Waals surface area contributed by atoms with Crippen molar-refractivity contribution < 1.29 is 4.74 Å². The van der Waals surface area contributed by atoms with Crippen molar-refractivity contribution in [1.82, 2.24) is 0 Å². The molecule has 66 valence electrons. The molecule has 0 rings (SSSR count). The Labute approximate surface area is 70.4 Å². The molecule has 0 aromatic carbocycles. The van der Waals surface area contributed by atoms with Gasteiger partial charge >= 0.3 is 0 Å². The van der Waals surface area contributed by atoms with Crippen LogP contribution in [-0.4, -0.2) is 13.2 Å². The van der Waals surface area contributed by atoms with Crippen molar-refractivity contribution in [3.8, 4) is 0 Å². The number of hydrogen-bond donors (Lipinski definition) is 0. The minimum atomic E-state index is 0.755. The van der Waals surface area contributed by atoms with Crippen molar-refractivity contribution in [1.29, 1.82) is 0 Å². The first-order valence-electron chi connectivity index (χ1n) is 4.50. The van der Waals surface area contributed by atoms with E-state index in [9.17, 15) is 0 Å². The van der Waals surface area contributed by atoms with Gasteiger partial charge in [-0.2, -0.15) is 0 Å². The van der Waals surface area contributed by atoms with Gasteiger partial charge in [-0.25, -0.2) is 0 Å². The molecule has 0 spiro atoms. The first-order chi connectivity index (χ1) is 5.27. The van der Waals surface area contributed by atoms with Crippen molar-refractivity contribution in [2.45, 2.75) is 33.6 Å². The van der Waals surface area contributed by atoms with E-state index < -0.39 is 0 Å². The van der Waals surface area contributed by atoms with Gasteiger partial charge in [-0.15, -0.1) is 0 Å². The van der Waals surface area contributed by atoms with Crippen molar-refractivity contribution in [2.75, 3.05) is 13.2 Å². The molecule has 0 atom stereocenters. The Balaban J connectivity index is 2.96. The standard InChI is InChI=1S/C10H20O/c1-4-5-6-8-11-9-7-10(2)3/h5-6,10H,4,7-9H2,1-3H3/b6-5+. The summed E-state index contributed by atoms with van der Waals surface area (Å²) in [5, 5.41) is 0. The first-order valence-corrected chi connectivity index (χ1v) is 4.50. The molecular weight excluding hydrogens is 136 g/mol. The van der Waals surface area contributed by atoms with Gasteiger partial charge in [0.05, 0.1) is 6.61 Å². The predicted molar refractivity (Wildman–Crippen MR) is 49.7 cm³/mol. The van der Waals surface area contributed by atoms with E-state index in [-0.39, 0.29) is 0 Å². The Morgan fingerprint density at radius 1 is 1.27 bits per heavy atom. The fourth-order valence-corrected chi connectivity index (χ4v) is 0.705. The summed E-state index contributed by atoms with van der Waals surface area (Å²) in [5.74, 6) is 0.755. The van der Waals surface area contributed by atoms with Crippen LogP contribution in [0, 0.1) is 5.92 Å². The zero-order chi connectivity index (χ0) is 8.53. The molecule has 0 aromatic heterocycles. The lowest BCUT2D eigenvalue weighted by atomic mass is 10.1. The lowest BCUT2D eigenvalue weighted by Crippen LogP contribution is -1.98. The van der Waals surface area contributed by atoms with E-state index in [1.807, 2.05) is 0 Å². The third-order valence-electron chi connectivity index (χ3n) is 1.46. The average molecular weight is 156 g/mol. The summed E-state index contributed by atoms with van der Waals surface area (Å²) in [6, 6.07) is 0. The number of allylic oxidation sites excluding steroid dienone is 1. The van der Waals surface area contributed by atoms with Crippen LogP contribution in [0.3, 0.4) is 0 Å². The zero-order valence-corrected chi connectivity index (χ0v) is 7.97. The second kappa shape index (κ2) is 7.80. The van der Waals surface area contributed by atoms with Gasteiger partial charge in [0.25, 0.3) is 0 Å². The Kier molecular flexibility index (Phi) is 7.59. The molecule has 0 bridgehead atoms. The summed E-state index contributed by atoms with van der Waals surface area (Å²) in [5.41, 5.74) is 0. The summed E-state index contributed by atoms with van der Waals surface area (Å²) in [7, 11) is 0. The lowest BCUT2D eigenvalue weighted by Gasteiger charge is -2.03. The molecular formula is C10H20O. The molecule has 0 aliphatic carbocycles. The van der Waals surface area contributed by atoms with E-state index in [1.165, 1.54) is 6.42 Å². The van der Waals surface area contributed by atoms with E-state index in [0.717, 1.165) is 25.6 Å². The summed E-state index contributed by atoms with van der Waals surface area (Å²) in [6.45, 7) is 8.23. The molecule has 11 heavy (non-hydrogen) atoms. The van der Waals surface area contributed by atoms with Crippen LogP contribution >= 0.6 is 0 Å². The normalized spacial score (nSPS) is 11.6. The Morgan fingerprint density at radius 2 is 2.00 bits per heavy atom. The largest absolute Gasteiger partial charge is 0.377 e. The summed E-state index contributed by atoms with van der Waals surface area (Å²) in [6.07, 6.45) is 6.49. The molecule has 0 aliphatic rings. The van der Waals surface area contributed by atoms with Gasteiger partial charge in [0.1, 0.15) is 0 Å². The molecule has 1 nitrogen and oxygen atoms in total. The smallest absolute Gasteiger partial charge is 0.0647 e. The van der Waals surface area contributed by atoms with Crippen LogP contribution in [0.1, 0.15) is 33.6 Å². The van der Waals surface area contributed by atoms with Gasteiger partial charge in [-0.05, 0) is 18.8 Å². The number of ether oxygens (including phenoxy) is 1. The predicted octanol–water partition coefficient (Wildman–Crippen LogP) is 3.02. The highest BCUT2D eigenvalue weighted by molar-refractivity contribution is 4.79. The fraction of sp³-hybridized carbons (Fsp3) is 0.800. The highest BCUT2D eigenvalue weighted by Gasteiger charge is 1.91. The van der Waals surface area contributed by atoms with Crippen molar-refractivity contribution in [2.24, 2.45) is 5.92 Å². The second-order valence-electron chi connectivity index (χ2n) is 3.14. The monoisotopic (exact) mass is 156 g/mol. The van der Waals surface area contributed by atoms with Gasteiger partial charge in [0.2, 0.25) is 0 Å². The van der Waals surface area contributed by atoms with Gasteiger partial charge < -0.3 is 4.74 Å². The van der Waals surface area contributed by atoms with Crippen LogP contribution < -0.4 is 0 Å². The highest BCUT2D eigenvalue weighted by atomic mass is 16.5. The van der Waals surface area contributed by atoms with Gasteiger partial charge in [0.15, 0.2) is 0 Å². The van der Waals surface area contributed by atoms with E-state index in [2.05, 4.69) is 32.9 Å². The van der Waals surface area contributed by atoms with Crippen molar-refractivity contribution in [3.63, 3.8) is 0 Å². The van der Waals surface area contributed by atoms with Crippen LogP contribution in [-0.2, 0) is 4.74 Å². The average Bonchev–Trinajstić information content (AvgIpc) is 1.96. The van der Waals surface area contributed by atoms with Crippen LogP contribution in [0.5, 0.6) is 0 Å². The highest BCUT2D eigenvalue weighted by Crippen LogP contribution is 1.98. The molecule has 0 saturated carbocycles.